The molecule has 0 aliphatic rings. The summed E-state index contributed by atoms with van der Waals surface area (Å²) in [4.78, 5) is 17.9. The summed E-state index contributed by atoms with van der Waals surface area (Å²) in [7, 11) is 0. The number of benzene rings is 3. The molecule has 2 N–H and O–H groups in total. The minimum atomic E-state index is -0.800. The minimum absolute atomic E-state index is 0.119. The highest BCUT2D eigenvalue weighted by Gasteiger charge is 2.16. The van der Waals surface area contributed by atoms with Crippen molar-refractivity contribution >= 4 is 28.2 Å². The lowest BCUT2D eigenvalue weighted by Crippen LogP contribution is -2.32. The van der Waals surface area contributed by atoms with Gasteiger partial charge < -0.3 is 10.4 Å². The van der Waals surface area contributed by atoms with E-state index in [1.807, 2.05) is 73.7 Å². The number of hydrogen-bond donors (Lipinski definition) is 2. The number of nitrogens with one attached hydrogen (secondary N) is 1. The summed E-state index contributed by atoms with van der Waals surface area (Å²) in [5.41, 5.74) is 3.07. The van der Waals surface area contributed by atoms with E-state index in [0.717, 1.165) is 16.8 Å². The van der Waals surface area contributed by atoms with E-state index in [4.69, 9.17) is 16.6 Å². The summed E-state index contributed by atoms with van der Waals surface area (Å²) < 4.78 is 1.55. The normalized spacial score (nSPS) is 12.1. The fourth-order valence-electron chi connectivity index (χ4n) is 3.45. The van der Waals surface area contributed by atoms with Crippen molar-refractivity contribution < 1.29 is 5.11 Å². The molecule has 0 spiro atoms. The molecule has 4 rings (SSSR count). The largest absolute Gasteiger partial charge is 0.389 e. The van der Waals surface area contributed by atoms with Gasteiger partial charge in [-0.25, -0.2) is 4.98 Å². The summed E-state index contributed by atoms with van der Waals surface area (Å²) in [6, 6.07) is 22.4. The third-order valence-electron chi connectivity index (χ3n) is 5.08. The lowest BCUT2D eigenvalue weighted by Gasteiger charge is -2.19. The highest BCUT2D eigenvalue weighted by atomic mass is 35.5. The molecule has 0 saturated carbocycles. The third kappa shape index (κ3) is 4.08. The maximum absolute atomic E-state index is 13.2. The van der Waals surface area contributed by atoms with Crippen molar-refractivity contribution in [3.63, 3.8) is 0 Å². The molecule has 1 heterocycles. The number of aliphatic hydroxyl groups is 1. The molecule has 6 heteroatoms. The van der Waals surface area contributed by atoms with Gasteiger partial charge in [0.15, 0.2) is 0 Å². The first-order valence-electron chi connectivity index (χ1n) is 9.76. The molecule has 0 aliphatic carbocycles. The van der Waals surface area contributed by atoms with E-state index in [9.17, 15) is 9.90 Å². The lowest BCUT2D eigenvalue weighted by atomic mass is 10.1. The van der Waals surface area contributed by atoms with Crippen LogP contribution >= 0.6 is 11.6 Å². The van der Waals surface area contributed by atoms with Gasteiger partial charge in [-0.3, -0.25) is 9.36 Å². The van der Waals surface area contributed by atoms with Crippen LogP contribution in [0.3, 0.4) is 0 Å². The molecule has 0 aliphatic heterocycles. The molecule has 30 heavy (non-hydrogen) atoms. The van der Waals surface area contributed by atoms with Gasteiger partial charge in [-0.15, -0.1) is 0 Å². The molecule has 5 nitrogen and oxygen atoms in total. The molecule has 0 bridgehead atoms. The Morgan fingerprint density at radius 2 is 1.77 bits per heavy atom. The first-order valence-corrected chi connectivity index (χ1v) is 10.1. The van der Waals surface area contributed by atoms with Crippen LogP contribution in [-0.2, 0) is 6.54 Å². The Kier molecular flexibility index (Phi) is 5.84. The summed E-state index contributed by atoms with van der Waals surface area (Å²) in [6.07, 6.45) is -0.800. The average molecular weight is 420 g/mol. The number of halogens is 1. The maximum atomic E-state index is 13.2. The van der Waals surface area contributed by atoms with Gasteiger partial charge in [0.25, 0.3) is 5.56 Å². The molecule has 1 unspecified atom stereocenters. The molecule has 1 aromatic heterocycles. The van der Waals surface area contributed by atoms with Gasteiger partial charge in [0.1, 0.15) is 5.82 Å². The number of aliphatic hydroxyl groups excluding tert-OH is 1. The van der Waals surface area contributed by atoms with Crippen molar-refractivity contribution in [2.24, 2.45) is 0 Å². The zero-order valence-electron chi connectivity index (χ0n) is 16.5. The average Bonchev–Trinajstić information content (AvgIpc) is 2.77. The third-order valence-corrected chi connectivity index (χ3v) is 5.49. The van der Waals surface area contributed by atoms with Crippen molar-refractivity contribution in [3.8, 4) is 11.4 Å². The van der Waals surface area contributed by atoms with Gasteiger partial charge in [-0.2, -0.15) is 0 Å². The Morgan fingerprint density at radius 3 is 2.57 bits per heavy atom. The lowest BCUT2D eigenvalue weighted by molar-refractivity contribution is 0.165. The monoisotopic (exact) mass is 419 g/mol. The molecule has 152 valence electrons. The van der Waals surface area contributed by atoms with Gasteiger partial charge in [0.2, 0.25) is 0 Å². The number of nitrogens with zero attached hydrogens (tertiary/aromatic N) is 2. The van der Waals surface area contributed by atoms with Crippen LogP contribution in [0.5, 0.6) is 0 Å². The Morgan fingerprint density at radius 1 is 1.03 bits per heavy atom. The number of fused-ring (bicyclic) bond motifs is 1. The van der Waals surface area contributed by atoms with E-state index in [-0.39, 0.29) is 18.6 Å². The molecule has 1 atom stereocenters. The van der Waals surface area contributed by atoms with Crippen molar-refractivity contribution in [2.75, 3.05) is 11.9 Å². The van der Waals surface area contributed by atoms with Gasteiger partial charge >= 0.3 is 0 Å². The summed E-state index contributed by atoms with van der Waals surface area (Å²) >= 11 is 6.17. The molecule has 3 aromatic carbocycles. The van der Waals surface area contributed by atoms with Crippen LogP contribution < -0.4 is 10.9 Å². The van der Waals surface area contributed by atoms with Gasteiger partial charge in [0, 0.05) is 22.8 Å². The second-order valence-electron chi connectivity index (χ2n) is 7.18. The molecule has 0 radical (unpaired) electrons. The maximum Gasteiger partial charge on any atom is 0.261 e. The highest BCUT2D eigenvalue weighted by Crippen LogP contribution is 2.23. The molecule has 0 fully saturated rings. The SMILES string of the molecule is Cc1c(Cl)cccc1NCC(O)Cn1c(-c2ccccc2)nc2ccccc2c1=O. The number of anilines is 1. The fraction of sp³-hybridized carbons (Fsp3) is 0.167. The zero-order valence-corrected chi connectivity index (χ0v) is 17.3. The van der Waals surface area contributed by atoms with Crippen molar-refractivity contribution in [3.05, 3.63) is 93.7 Å². The molecule has 4 aromatic rings. The van der Waals surface area contributed by atoms with Gasteiger partial charge in [-0.1, -0.05) is 60.1 Å². The van der Waals surface area contributed by atoms with E-state index in [1.54, 1.807) is 10.6 Å². The standard InChI is InChI=1S/C24H22ClN3O2/c1-16-20(25)11-7-13-21(16)26-14-18(29)15-28-23(17-8-3-2-4-9-17)27-22-12-6-5-10-19(22)24(28)30/h2-13,18,26,29H,14-15H2,1H3. The van der Waals surface area contributed by atoms with E-state index in [0.29, 0.717) is 21.7 Å². The van der Waals surface area contributed by atoms with Crippen LogP contribution in [0, 0.1) is 6.92 Å². The summed E-state index contributed by atoms with van der Waals surface area (Å²) in [6.45, 7) is 2.31. The Bertz CT molecular complexity index is 1240. The minimum Gasteiger partial charge on any atom is -0.389 e. The predicted octanol–water partition coefficient (Wildman–Crippen LogP) is 4.50. The first kappa shape index (κ1) is 20.1. The van der Waals surface area contributed by atoms with Gasteiger partial charge in [-0.05, 0) is 36.8 Å². The van der Waals surface area contributed by atoms with Crippen LogP contribution in [0.15, 0.2) is 77.6 Å². The number of para-hydroxylation sites is 1. The Labute approximate surface area is 179 Å². The Hall–Kier alpha value is -3.15. The quantitative estimate of drug-likeness (QED) is 0.483. The van der Waals surface area contributed by atoms with E-state index in [2.05, 4.69) is 5.32 Å². The van der Waals surface area contributed by atoms with E-state index in [1.165, 1.54) is 0 Å². The summed E-state index contributed by atoms with van der Waals surface area (Å²) in [5.74, 6) is 0.539. The predicted molar refractivity (Wildman–Crippen MR) is 122 cm³/mol. The smallest absolute Gasteiger partial charge is 0.261 e. The second kappa shape index (κ2) is 8.69. The van der Waals surface area contributed by atoms with Crippen molar-refractivity contribution in [1.29, 1.82) is 0 Å². The van der Waals surface area contributed by atoms with Crippen LogP contribution in [0.1, 0.15) is 5.56 Å². The van der Waals surface area contributed by atoms with E-state index >= 15 is 0 Å². The fourth-order valence-corrected chi connectivity index (χ4v) is 3.62. The molecular weight excluding hydrogens is 398 g/mol. The van der Waals surface area contributed by atoms with Crippen molar-refractivity contribution in [1.82, 2.24) is 9.55 Å². The zero-order chi connectivity index (χ0) is 21.1. The number of rotatable bonds is 6. The van der Waals surface area contributed by atoms with Crippen LogP contribution in [0.2, 0.25) is 5.02 Å². The number of aromatic nitrogens is 2. The second-order valence-corrected chi connectivity index (χ2v) is 7.59. The number of hydrogen-bond acceptors (Lipinski definition) is 4. The highest BCUT2D eigenvalue weighted by molar-refractivity contribution is 6.31. The summed E-state index contributed by atoms with van der Waals surface area (Å²) in [5, 5.41) is 15.1. The topological polar surface area (TPSA) is 67.2 Å². The van der Waals surface area contributed by atoms with Crippen LogP contribution in [0.4, 0.5) is 5.69 Å². The first-order chi connectivity index (χ1) is 14.5. The van der Waals surface area contributed by atoms with Crippen LogP contribution in [-0.4, -0.2) is 27.3 Å². The van der Waals surface area contributed by atoms with E-state index < -0.39 is 6.10 Å². The molecule has 0 amide bonds. The van der Waals surface area contributed by atoms with Gasteiger partial charge in [0.05, 0.1) is 23.6 Å². The molecule has 0 saturated heterocycles. The Balaban J connectivity index is 1.66. The van der Waals surface area contributed by atoms with Crippen LogP contribution in [0.25, 0.3) is 22.3 Å². The van der Waals surface area contributed by atoms with Crippen molar-refractivity contribution in [2.45, 2.75) is 19.6 Å². The molecular formula is C24H22ClN3O2.